The smallest absolute Gasteiger partial charge is 0.311 e. The summed E-state index contributed by atoms with van der Waals surface area (Å²) in [6.07, 6.45) is 2.76. The van der Waals surface area contributed by atoms with E-state index in [9.17, 15) is 18.0 Å². The monoisotopic (exact) mass is 325 g/mol. The molecule has 1 aromatic carbocycles. The molecule has 6 nitrogen and oxygen atoms in total. The lowest BCUT2D eigenvalue weighted by Gasteiger charge is -2.13. The van der Waals surface area contributed by atoms with Gasteiger partial charge >= 0.3 is 5.97 Å². The van der Waals surface area contributed by atoms with Crippen LogP contribution in [0.15, 0.2) is 23.1 Å². The Labute approximate surface area is 129 Å². The number of rotatable bonds is 6. The molecule has 0 aliphatic heterocycles. The lowest BCUT2D eigenvalue weighted by Crippen LogP contribution is -2.34. The van der Waals surface area contributed by atoms with Gasteiger partial charge in [0.25, 0.3) is 5.91 Å². The van der Waals surface area contributed by atoms with Gasteiger partial charge in [-0.15, -0.1) is 0 Å². The Kier molecular flexibility index (Phi) is 4.28. The highest BCUT2D eigenvalue weighted by Gasteiger charge is 2.50. The average molecular weight is 325 g/mol. The quantitative estimate of drug-likeness (QED) is 0.820. The molecule has 0 saturated heterocycles. The summed E-state index contributed by atoms with van der Waals surface area (Å²) in [6, 6.07) is 4.45. The lowest BCUT2D eigenvalue weighted by molar-refractivity contribution is -0.143. The van der Waals surface area contributed by atoms with Crippen LogP contribution in [0, 0.1) is 5.41 Å². The molecule has 0 aromatic heterocycles. The van der Waals surface area contributed by atoms with E-state index in [1.54, 1.807) is 6.07 Å². The average Bonchev–Trinajstić information content (AvgIpc) is 3.24. The van der Waals surface area contributed by atoms with Crippen LogP contribution in [0.4, 0.5) is 0 Å². The van der Waals surface area contributed by atoms with Gasteiger partial charge in [0.05, 0.1) is 10.3 Å². The van der Waals surface area contributed by atoms with E-state index in [1.165, 1.54) is 12.1 Å². The molecule has 7 heteroatoms. The van der Waals surface area contributed by atoms with Gasteiger partial charge in [-0.1, -0.05) is 13.0 Å². The van der Waals surface area contributed by atoms with E-state index in [0.717, 1.165) is 11.8 Å². The van der Waals surface area contributed by atoms with Crippen LogP contribution in [0.3, 0.4) is 0 Å². The van der Waals surface area contributed by atoms with E-state index in [1.807, 2.05) is 6.92 Å². The van der Waals surface area contributed by atoms with Crippen LogP contribution in [-0.2, 0) is 21.1 Å². The maximum Gasteiger partial charge on any atom is 0.311 e. The van der Waals surface area contributed by atoms with Crippen LogP contribution >= 0.6 is 0 Å². The third kappa shape index (κ3) is 3.30. The molecule has 0 bridgehead atoms. The van der Waals surface area contributed by atoms with Crippen LogP contribution in [-0.4, -0.2) is 38.2 Å². The van der Waals surface area contributed by atoms with E-state index < -0.39 is 27.1 Å². The summed E-state index contributed by atoms with van der Waals surface area (Å²) in [7, 11) is -3.40. The van der Waals surface area contributed by atoms with Crippen LogP contribution in [0.1, 0.15) is 35.7 Å². The summed E-state index contributed by atoms with van der Waals surface area (Å²) < 4.78 is 23.2. The van der Waals surface area contributed by atoms with E-state index in [-0.39, 0.29) is 17.0 Å². The number of sulfone groups is 1. The predicted molar refractivity (Wildman–Crippen MR) is 80.6 cm³/mol. The molecule has 22 heavy (non-hydrogen) atoms. The summed E-state index contributed by atoms with van der Waals surface area (Å²) in [5, 5.41) is 11.7. The van der Waals surface area contributed by atoms with Crippen molar-refractivity contribution in [2.45, 2.75) is 31.1 Å². The normalized spacial score (nSPS) is 16.1. The number of aliphatic carboxylic acids is 1. The van der Waals surface area contributed by atoms with Crippen molar-refractivity contribution in [1.29, 1.82) is 0 Å². The Balaban J connectivity index is 2.23. The minimum Gasteiger partial charge on any atom is -0.481 e. The first-order valence-electron chi connectivity index (χ1n) is 7.04. The van der Waals surface area contributed by atoms with Gasteiger partial charge in [-0.25, -0.2) is 8.42 Å². The highest BCUT2D eigenvalue weighted by atomic mass is 32.2. The van der Waals surface area contributed by atoms with Gasteiger partial charge in [-0.05, 0) is 37.0 Å². The van der Waals surface area contributed by atoms with Crippen molar-refractivity contribution in [2.75, 3.05) is 12.8 Å². The number of amides is 1. The second-order valence-corrected chi connectivity index (χ2v) is 7.73. The number of carboxylic acids is 1. The maximum absolute atomic E-state index is 12.3. The number of nitrogens with one attached hydrogen (secondary N) is 1. The molecule has 120 valence electrons. The number of aryl methyl sites for hydroxylation is 1. The van der Waals surface area contributed by atoms with Crippen LogP contribution in [0.25, 0.3) is 0 Å². The van der Waals surface area contributed by atoms with Gasteiger partial charge in [0.2, 0.25) is 0 Å². The summed E-state index contributed by atoms with van der Waals surface area (Å²) in [5.41, 5.74) is 0.160. The molecule has 1 saturated carbocycles. The number of carbonyl (C=O) groups is 2. The largest absolute Gasteiger partial charge is 0.481 e. The van der Waals surface area contributed by atoms with Crippen molar-refractivity contribution in [3.63, 3.8) is 0 Å². The number of hydrogen-bond donors (Lipinski definition) is 2. The van der Waals surface area contributed by atoms with Gasteiger partial charge in [0.1, 0.15) is 0 Å². The van der Waals surface area contributed by atoms with Crippen molar-refractivity contribution < 1.29 is 23.1 Å². The molecule has 1 aromatic rings. The SMILES string of the molecule is CCc1ccc(S(C)(=O)=O)cc1C(=O)NCC1(C(=O)O)CC1. The molecule has 0 unspecified atom stereocenters. The summed E-state index contributed by atoms with van der Waals surface area (Å²) in [6.45, 7) is 1.93. The van der Waals surface area contributed by atoms with Gasteiger partial charge in [-0.2, -0.15) is 0 Å². The number of hydrogen-bond acceptors (Lipinski definition) is 4. The van der Waals surface area contributed by atoms with E-state index in [0.29, 0.717) is 19.3 Å². The Hall–Kier alpha value is -1.89. The first-order chi connectivity index (χ1) is 10.2. The van der Waals surface area contributed by atoms with Crippen molar-refractivity contribution in [1.82, 2.24) is 5.32 Å². The van der Waals surface area contributed by atoms with Gasteiger partial charge in [-0.3, -0.25) is 9.59 Å². The third-order valence-electron chi connectivity index (χ3n) is 4.03. The predicted octanol–water partition coefficient (Wildman–Crippen LogP) is 1.25. The molecule has 1 amide bonds. The standard InChI is InChI=1S/C15H19NO5S/c1-3-10-4-5-11(22(2,20)21)8-12(10)13(17)16-9-15(6-7-15)14(18)19/h4-5,8H,3,6-7,9H2,1-2H3,(H,16,17)(H,18,19). The molecule has 1 fully saturated rings. The Morgan fingerprint density at radius 3 is 2.41 bits per heavy atom. The highest BCUT2D eigenvalue weighted by molar-refractivity contribution is 7.90. The number of carbonyl (C=O) groups excluding carboxylic acids is 1. The second-order valence-electron chi connectivity index (χ2n) is 5.71. The maximum atomic E-state index is 12.3. The highest BCUT2D eigenvalue weighted by Crippen LogP contribution is 2.45. The van der Waals surface area contributed by atoms with E-state index >= 15 is 0 Å². The van der Waals surface area contributed by atoms with Gasteiger partial charge in [0.15, 0.2) is 9.84 Å². The lowest BCUT2D eigenvalue weighted by atomic mass is 10.0. The van der Waals surface area contributed by atoms with Gasteiger partial charge in [0, 0.05) is 18.4 Å². The van der Waals surface area contributed by atoms with Crippen molar-refractivity contribution in [2.24, 2.45) is 5.41 Å². The van der Waals surface area contributed by atoms with Crippen LogP contribution < -0.4 is 5.32 Å². The number of carboxylic acid groups (broad SMARTS) is 1. The Morgan fingerprint density at radius 1 is 1.32 bits per heavy atom. The first-order valence-corrected chi connectivity index (χ1v) is 8.93. The van der Waals surface area contributed by atoms with Crippen molar-refractivity contribution in [3.05, 3.63) is 29.3 Å². The number of benzene rings is 1. The fraction of sp³-hybridized carbons (Fsp3) is 0.467. The van der Waals surface area contributed by atoms with Gasteiger partial charge < -0.3 is 10.4 Å². The van der Waals surface area contributed by atoms with Crippen LogP contribution in [0.2, 0.25) is 0 Å². The Morgan fingerprint density at radius 2 is 1.95 bits per heavy atom. The molecule has 1 aliphatic carbocycles. The molecule has 0 heterocycles. The minimum absolute atomic E-state index is 0.0629. The second kappa shape index (κ2) is 5.72. The van der Waals surface area contributed by atoms with E-state index in [4.69, 9.17) is 5.11 Å². The fourth-order valence-corrected chi connectivity index (χ4v) is 2.91. The third-order valence-corrected chi connectivity index (χ3v) is 5.14. The first kappa shape index (κ1) is 16.5. The topological polar surface area (TPSA) is 101 Å². The zero-order valence-corrected chi connectivity index (χ0v) is 13.4. The Bertz CT molecular complexity index is 719. The molecule has 0 radical (unpaired) electrons. The summed E-state index contributed by atoms with van der Waals surface area (Å²) in [5.74, 6) is -1.34. The minimum atomic E-state index is -3.40. The molecule has 2 N–H and O–H groups in total. The molecular weight excluding hydrogens is 306 g/mol. The molecule has 2 rings (SSSR count). The van der Waals surface area contributed by atoms with Crippen molar-refractivity contribution in [3.8, 4) is 0 Å². The van der Waals surface area contributed by atoms with E-state index in [2.05, 4.69) is 5.32 Å². The molecule has 1 aliphatic rings. The van der Waals surface area contributed by atoms with Crippen molar-refractivity contribution >= 4 is 21.7 Å². The molecular formula is C15H19NO5S. The zero-order valence-electron chi connectivity index (χ0n) is 12.5. The zero-order chi connectivity index (χ0) is 16.5. The summed E-state index contributed by atoms with van der Waals surface area (Å²) >= 11 is 0. The van der Waals surface area contributed by atoms with Crippen LogP contribution in [0.5, 0.6) is 0 Å². The molecule has 0 atom stereocenters. The molecule has 0 spiro atoms. The summed E-state index contributed by atoms with van der Waals surface area (Å²) in [4.78, 5) is 23.5. The fourth-order valence-electron chi connectivity index (χ4n) is 2.27.